The van der Waals surface area contributed by atoms with Crippen molar-refractivity contribution in [1.29, 1.82) is 0 Å². The van der Waals surface area contributed by atoms with E-state index in [2.05, 4.69) is 0 Å². The number of piperidine rings is 1. The zero-order valence-electron chi connectivity index (χ0n) is 12.6. The Balaban J connectivity index is 2.12. The Hall–Kier alpha value is -2.66. The van der Waals surface area contributed by atoms with Gasteiger partial charge in [-0.25, -0.2) is 0 Å². The van der Waals surface area contributed by atoms with E-state index in [1.54, 1.807) is 12.1 Å². The van der Waals surface area contributed by atoms with Gasteiger partial charge in [0.1, 0.15) is 11.9 Å². The monoisotopic (exact) mass is 311 g/mol. The molecule has 2 amide bonds. The third kappa shape index (κ3) is 2.59. The minimum atomic E-state index is -1.31. The normalized spacial score (nSPS) is 24.8. The topological polar surface area (TPSA) is 77.8 Å². The molecule has 2 aromatic rings. The second kappa shape index (κ2) is 5.85. The summed E-state index contributed by atoms with van der Waals surface area (Å²) >= 11 is 0. The zero-order chi connectivity index (χ0) is 16.6. The molecule has 5 nitrogen and oxygen atoms in total. The van der Waals surface area contributed by atoms with Crippen LogP contribution in [0.3, 0.4) is 0 Å². The number of phenolic OH excluding ortho intramolecular Hbond substituents is 1. The van der Waals surface area contributed by atoms with Gasteiger partial charge in [-0.1, -0.05) is 42.5 Å². The van der Waals surface area contributed by atoms with Crippen LogP contribution in [-0.2, 0) is 9.59 Å². The lowest BCUT2D eigenvalue weighted by Gasteiger charge is -2.38. The number of phenols is 1. The maximum atomic E-state index is 12.7. The Morgan fingerprint density at radius 1 is 0.870 bits per heavy atom. The molecule has 118 valence electrons. The molecule has 23 heavy (non-hydrogen) atoms. The van der Waals surface area contributed by atoms with Crippen LogP contribution in [0.15, 0.2) is 54.6 Å². The van der Waals surface area contributed by atoms with E-state index in [-0.39, 0.29) is 11.7 Å². The highest BCUT2D eigenvalue weighted by molar-refractivity contribution is 6.04. The molecule has 3 unspecified atom stereocenters. The lowest BCUT2D eigenvalue weighted by atomic mass is 9.74. The molecule has 1 aliphatic rings. The third-order valence-electron chi connectivity index (χ3n) is 4.32. The standard InChI is InChI=1S/C18H17NO4/c1-19-17(22)15(11-5-3-2-4-6-11)14(16(21)18(19)23)12-7-9-13(20)10-8-12/h2-10,14-16,20-21H,1H3. The molecule has 0 spiro atoms. The van der Waals surface area contributed by atoms with Crippen molar-refractivity contribution < 1.29 is 19.8 Å². The van der Waals surface area contributed by atoms with Gasteiger partial charge in [0.25, 0.3) is 5.91 Å². The van der Waals surface area contributed by atoms with E-state index < -0.39 is 23.8 Å². The smallest absolute Gasteiger partial charge is 0.258 e. The van der Waals surface area contributed by atoms with Crippen LogP contribution in [0, 0.1) is 0 Å². The number of benzene rings is 2. The Morgan fingerprint density at radius 2 is 1.48 bits per heavy atom. The van der Waals surface area contributed by atoms with Crippen LogP contribution in [0.5, 0.6) is 5.75 Å². The maximum absolute atomic E-state index is 12.7. The van der Waals surface area contributed by atoms with Gasteiger partial charge in [0.05, 0.1) is 5.92 Å². The molecule has 5 heteroatoms. The number of likely N-dealkylation sites (N-methyl/N-ethyl adjacent to an activating group) is 1. The minimum absolute atomic E-state index is 0.0880. The van der Waals surface area contributed by atoms with E-state index >= 15 is 0 Å². The van der Waals surface area contributed by atoms with Gasteiger partial charge in [-0.05, 0) is 23.3 Å². The number of aliphatic hydroxyl groups excluding tert-OH is 1. The van der Waals surface area contributed by atoms with Crippen molar-refractivity contribution in [2.24, 2.45) is 0 Å². The number of hydrogen-bond acceptors (Lipinski definition) is 4. The van der Waals surface area contributed by atoms with Gasteiger partial charge in [-0.15, -0.1) is 0 Å². The second-order valence-electron chi connectivity index (χ2n) is 5.69. The fourth-order valence-corrected chi connectivity index (χ4v) is 3.09. The van der Waals surface area contributed by atoms with E-state index in [1.165, 1.54) is 19.2 Å². The van der Waals surface area contributed by atoms with Gasteiger partial charge >= 0.3 is 0 Å². The molecule has 1 aliphatic heterocycles. The van der Waals surface area contributed by atoms with Crippen molar-refractivity contribution in [3.63, 3.8) is 0 Å². The molecular weight excluding hydrogens is 294 g/mol. The summed E-state index contributed by atoms with van der Waals surface area (Å²) in [6.45, 7) is 0. The summed E-state index contributed by atoms with van der Waals surface area (Å²) in [7, 11) is 1.39. The average molecular weight is 311 g/mol. The van der Waals surface area contributed by atoms with Crippen LogP contribution in [-0.4, -0.2) is 40.1 Å². The summed E-state index contributed by atoms with van der Waals surface area (Å²) in [5.74, 6) is -2.21. The highest BCUT2D eigenvalue weighted by atomic mass is 16.3. The fourth-order valence-electron chi connectivity index (χ4n) is 3.09. The zero-order valence-corrected chi connectivity index (χ0v) is 12.6. The van der Waals surface area contributed by atoms with Crippen molar-refractivity contribution in [2.45, 2.75) is 17.9 Å². The van der Waals surface area contributed by atoms with Crippen molar-refractivity contribution in [3.05, 3.63) is 65.7 Å². The van der Waals surface area contributed by atoms with Crippen molar-refractivity contribution in [1.82, 2.24) is 4.90 Å². The molecule has 3 rings (SSSR count). The molecule has 0 bridgehead atoms. The van der Waals surface area contributed by atoms with E-state index in [1.807, 2.05) is 30.3 Å². The quantitative estimate of drug-likeness (QED) is 0.826. The average Bonchev–Trinajstić information content (AvgIpc) is 2.58. The summed E-state index contributed by atoms with van der Waals surface area (Å²) in [4.78, 5) is 25.8. The summed E-state index contributed by atoms with van der Waals surface area (Å²) in [6.07, 6.45) is -1.31. The van der Waals surface area contributed by atoms with E-state index in [0.29, 0.717) is 5.56 Å². The number of carbonyl (C=O) groups is 2. The third-order valence-corrected chi connectivity index (χ3v) is 4.32. The van der Waals surface area contributed by atoms with Gasteiger partial charge < -0.3 is 10.2 Å². The van der Waals surface area contributed by atoms with Crippen LogP contribution < -0.4 is 0 Å². The number of rotatable bonds is 2. The fraction of sp³-hybridized carbons (Fsp3) is 0.222. The highest BCUT2D eigenvalue weighted by Crippen LogP contribution is 2.41. The predicted molar refractivity (Wildman–Crippen MR) is 83.8 cm³/mol. The summed E-state index contributed by atoms with van der Waals surface area (Å²) in [6, 6.07) is 15.3. The first-order valence-electron chi connectivity index (χ1n) is 7.34. The first-order chi connectivity index (χ1) is 11.0. The van der Waals surface area contributed by atoms with Crippen molar-refractivity contribution in [2.75, 3.05) is 7.05 Å². The number of aliphatic hydroxyl groups is 1. The molecule has 1 heterocycles. The number of carbonyl (C=O) groups excluding carboxylic acids is 2. The Kier molecular flexibility index (Phi) is 3.88. The van der Waals surface area contributed by atoms with Crippen LogP contribution >= 0.6 is 0 Å². The summed E-state index contributed by atoms with van der Waals surface area (Å²) in [5.41, 5.74) is 1.38. The molecular formula is C18H17NO4. The molecule has 0 aromatic heterocycles. The van der Waals surface area contributed by atoms with Gasteiger partial charge in [0.15, 0.2) is 0 Å². The van der Waals surface area contributed by atoms with Crippen LogP contribution in [0.4, 0.5) is 0 Å². The molecule has 2 aromatic carbocycles. The Bertz CT molecular complexity index is 726. The van der Waals surface area contributed by atoms with Gasteiger partial charge in [0.2, 0.25) is 5.91 Å². The molecule has 1 fully saturated rings. The molecule has 3 atom stereocenters. The number of amides is 2. The largest absolute Gasteiger partial charge is 0.508 e. The number of hydrogen-bond donors (Lipinski definition) is 2. The number of likely N-dealkylation sites (tertiary alicyclic amines) is 1. The van der Waals surface area contributed by atoms with Crippen LogP contribution in [0.1, 0.15) is 23.0 Å². The SMILES string of the molecule is CN1C(=O)C(O)C(c2ccc(O)cc2)C(c2ccccc2)C1=O. The number of imide groups is 1. The van der Waals surface area contributed by atoms with Crippen LogP contribution in [0.25, 0.3) is 0 Å². The highest BCUT2D eigenvalue weighted by Gasteiger charge is 2.47. The van der Waals surface area contributed by atoms with E-state index in [9.17, 15) is 19.8 Å². The Labute approximate surface area is 133 Å². The van der Waals surface area contributed by atoms with Crippen molar-refractivity contribution >= 4 is 11.8 Å². The van der Waals surface area contributed by atoms with Gasteiger partial charge in [-0.3, -0.25) is 14.5 Å². The maximum Gasteiger partial charge on any atom is 0.258 e. The van der Waals surface area contributed by atoms with Crippen LogP contribution in [0.2, 0.25) is 0 Å². The molecule has 2 N–H and O–H groups in total. The lowest BCUT2D eigenvalue weighted by molar-refractivity contribution is -0.157. The van der Waals surface area contributed by atoms with Crippen molar-refractivity contribution in [3.8, 4) is 5.75 Å². The predicted octanol–water partition coefficient (Wildman–Crippen LogP) is 1.62. The second-order valence-corrected chi connectivity index (χ2v) is 5.69. The summed E-state index contributed by atoms with van der Waals surface area (Å²) < 4.78 is 0. The molecule has 0 saturated carbocycles. The first-order valence-corrected chi connectivity index (χ1v) is 7.34. The van der Waals surface area contributed by atoms with Gasteiger partial charge in [-0.2, -0.15) is 0 Å². The molecule has 1 saturated heterocycles. The van der Waals surface area contributed by atoms with E-state index in [0.717, 1.165) is 10.5 Å². The molecule has 0 radical (unpaired) electrons. The number of nitrogens with zero attached hydrogens (tertiary/aromatic N) is 1. The van der Waals surface area contributed by atoms with Gasteiger partial charge in [0, 0.05) is 13.0 Å². The Morgan fingerprint density at radius 3 is 2.09 bits per heavy atom. The minimum Gasteiger partial charge on any atom is -0.508 e. The first kappa shape index (κ1) is 15.2. The van der Waals surface area contributed by atoms with E-state index in [4.69, 9.17) is 0 Å². The number of aromatic hydroxyl groups is 1. The summed E-state index contributed by atoms with van der Waals surface area (Å²) in [5, 5.41) is 19.9. The molecule has 0 aliphatic carbocycles. The lowest BCUT2D eigenvalue weighted by Crippen LogP contribution is -2.53.